The molecule has 1 fully saturated rings. The number of hydrogen-bond donors (Lipinski definition) is 0. The zero-order chi connectivity index (χ0) is 21.6. The highest BCUT2D eigenvalue weighted by atomic mass is 35.5. The van der Waals surface area contributed by atoms with Crippen molar-refractivity contribution in [3.8, 4) is 0 Å². The molecule has 6 nitrogen and oxygen atoms in total. The first-order valence-electron chi connectivity index (χ1n) is 10.2. The topological polar surface area (TPSA) is 60.9 Å². The van der Waals surface area contributed by atoms with Crippen LogP contribution in [0.15, 0.2) is 59.5 Å². The van der Waals surface area contributed by atoms with Gasteiger partial charge in [-0.25, -0.2) is 8.42 Å². The second-order valence-corrected chi connectivity index (χ2v) is 9.63. The number of amides is 1. The molecule has 0 N–H and O–H groups in total. The Kier molecular flexibility index (Phi) is 7.88. The average molecular weight is 450 g/mol. The maximum atomic E-state index is 12.9. The third kappa shape index (κ3) is 5.60. The smallest absolute Gasteiger partial charge is 0.244 e. The maximum absolute atomic E-state index is 12.9. The van der Waals surface area contributed by atoms with Gasteiger partial charge in [-0.05, 0) is 30.7 Å². The van der Waals surface area contributed by atoms with Crippen LogP contribution in [0.25, 0.3) is 0 Å². The van der Waals surface area contributed by atoms with Crippen LogP contribution < -0.4 is 0 Å². The minimum atomic E-state index is -3.66. The van der Waals surface area contributed by atoms with Gasteiger partial charge in [-0.2, -0.15) is 4.31 Å². The number of nitrogens with zero attached hydrogens (tertiary/aromatic N) is 3. The Hall–Kier alpha value is -1.93. The highest BCUT2D eigenvalue weighted by Gasteiger charge is 2.31. The van der Waals surface area contributed by atoms with Crippen LogP contribution in [-0.4, -0.2) is 74.2 Å². The van der Waals surface area contributed by atoms with E-state index in [9.17, 15) is 13.2 Å². The van der Waals surface area contributed by atoms with Crippen LogP contribution in [0.5, 0.6) is 0 Å². The fraction of sp³-hybridized carbons (Fsp3) is 0.409. The zero-order valence-electron chi connectivity index (χ0n) is 17.2. The van der Waals surface area contributed by atoms with E-state index in [-0.39, 0.29) is 28.9 Å². The molecule has 0 atom stereocenters. The third-order valence-electron chi connectivity index (χ3n) is 5.41. The molecule has 3 rings (SSSR count). The number of rotatable bonds is 8. The predicted octanol–water partition coefficient (Wildman–Crippen LogP) is 2.74. The summed E-state index contributed by atoms with van der Waals surface area (Å²) in [5.41, 5.74) is 1.25. The summed E-state index contributed by atoms with van der Waals surface area (Å²) >= 11 is 6.08. The first kappa shape index (κ1) is 22.7. The SMILES string of the molecule is CCN(CCc1ccccc1)CC(=O)N1CCN(S(=O)(=O)c2ccccc2Cl)CC1. The molecule has 0 aromatic heterocycles. The van der Waals surface area contributed by atoms with E-state index < -0.39 is 10.0 Å². The summed E-state index contributed by atoms with van der Waals surface area (Å²) in [7, 11) is -3.66. The molecule has 1 saturated heterocycles. The predicted molar refractivity (Wildman–Crippen MR) is 119 cm³/mol. The van der Waals surface area contributed by atoms with E-state index in [0.29, 0.717) is 19.6 Å². The van der Waals surface area contributed by atoms with Crippen molar-refractivity contribution in [3.63, 3.8) is 0 Å². The summed E-state index contributed by atoms with van der Waals surface area (Å²) in [6.45, 7) is 5.32. The standard InChI is InChI=1S/C22H28ClN3O3S/c1-2-24(13-12-19-8-4-3-5-9-19)18-22(27)25-14-16-26(17-15-25)30(28,29)21-11-7-6-10-20(21)23/h3-11H,2,12-18H2,1H3. The van der Waals surface area contributed by atoms with E-state index >= 15 is 0 Å². The summed E-state index contributed by atoms with van der Waals surface area (Å²) in [5.74, 6) is 0.0414. The lowest BCUT2D eigenvalue weighted by atomic mass is 10.1. The van der Waals surface area contributed by atoms with Crippen molar-refractivity contribution >= 4 is 27.5 Å². The number of benzene rings is 2. The van der Waals surface area contributed by atoms with Crippen LogP contribution in [0.3, 0.4) is 0 Å². The van der Waals surface area contributed by atoms with Crippen LogP contribution in [0.2, 0.25) is 5.02 Å². The summed E-state index contributed by atoms with van der Waals surface area (Å²) in [5, 5.41) is 0.216. The molecular weight excluding hydrogens is 422 g/mol. The van der Waals surface area contributed by atoms with E-state index in [1.54, 1.807) is 23.1 Å². The normalized spacial score (nSPS) is 15.5. The molecule has 0 radical (unpaired) electrons. The van der Waals surface area contributed by atoms with Gasteiger partial charge in [0.2, 0.25) is 15.9 Å². The summed E-state index contributed by atoms with van der Waals surface area (Å²) in [6, 6.07) is 16.7. The van der Waals surface area contributed by atoms with E-state index in [1.807, 2.05) is 25.1 Å². The maximum Gasteiger partial charge on any atom is 0.244 e. The van der Waals surface area contributed by atoms with Gasteiger partial charge in [0, 0.05) is 32.7 Å². The first-order valence-corrected chi connectivity index (χ1v) is 12.0. The van der Waals surface area contributed by atoms with Crippen molar-refractivity contribution in [2.75, 3.05) is 45.8 Å². The Morgan fingerprint density at radius 2 is 1.63 bits per heavy atom. The van der Waals surface area contributed by atoms with Crippen molar-refractivity contribution in [1.29, 1.82) is 0 Å². The largest absolute Gasteiger partial charge is 0.339 e. The molecule has 0 saturated carbocycles. The fourth-order valence-corrected chi connectivity index (χ4v) is 5.46. The summed E-state index contributed by atoms with van der Waals surface area (Å²) in [6.07, 6.45) is 0.895. The van der Waals surface area contributed by atoms with Crippen molar-refractivity contribution in [2.24, 2.45) is 0 Å². The van der Waals surface area contributed by atoms with Gasteiger partial charge in [-0.1, -0.05) is 61.0 Å². The van der Waals surface area contributed by atoms with Crippen molar-refractivity contribution in [2.45, 2.75) is 18.2 Å². The lowest BCUT2D eigenvalue weighted by molar-refractivity contribution is -0.133. The lowest BCUT2D eigenvalue weighted by Crippen LogP contribution is -2.52. The molecule has 162 valence electrons. The van der Waals surface area contributed by atoms with Gasteiger partial charge in [0.15, 0.2) is 0 Å². The van der Waals surface area contributed by atoms with Crippen LogP contribution in [0.1, 0.15) is 12.5 Å². The van der Waals surface area contributed by atoms with Gasteiger partial charge >= 0.3 is 0 Å². The minimum Gasteiger partial charge on any atom is -0.339 e. The Morgan fingerprint density at radius 3 is 2.27 bits per heavy atom. The Labute approximate surface area is 184 Å². The number of halogens is 1. The van der Waals surface area contributed by atoms with Crippen molar-refractivity contribution in [1.82, 2.24) is 14.1 Å². The second kappa shape index (κ2) is 10.4. The number of sulfonamides is 1. The van der Waals surface area contributed by atoms with E-state index in [2.05, 4.69) is 17.0 Å². The molecule has 2 aromatic rings. The number of piperazine rings is 1. The van der Waals surface area contributed by atoms with E-state index in [1.165, 1.54) is 15.9 Å². The molecule has 30 heavy (non-hydrogen) atoms. The van der Waals surface area contributed by atoms with Gasteiger partial charge in [-0.3, -0.25) is 9.69 Å². The summed E-state index contributed by atoms with van der Waals surface area (Å²) in [4.78, 5) is 16.8. The molecule has 0 bridgehead atoms. The van der Waals surface area contributed by atoms with Crippen LogP contribution in [0.4, 0.5) is 0 Å². The fourth-order valence-electron chi connectivity index (χ4n) is 3.54. The van der Waals surface area contributed by atoms with E-state index in [4.69, 9.17) is 11.6 Å². The average Bonchev–Trinajstić information content (AvgIpc) is 2.77. The van der Waals surface area contributed by atoms with Crippen molar-refractivity contribution in [3.05, 3.63) is 65.2 Å². The molecule has 2 aromatic carbocycles. The second-order valence-electron chi connectivity index (χ2n) is 7.32. The Balaban J connectivity index is 1.52. The molecule has 1 aliphatic heterocycles. The molecule has 8 heteroatoms. The molecule has 1 heterocycles. The number of carbonyl (C=O) groups excluding carboxylic acids is 1. The number of carbonyl (C=O) groups is 1. The highest BCUT2D eigenvalue weighted by Crippen LogP contribution is 2.25. The molecule has 1 aliphatic rings. The monoisotopic (exact) mass is 449 g/mol. The molecular formula is C22H28ClN3O3S. The quantitative estimate of drug-likeness (QED) is 0.621. The van der Waals surface area contributed by atoms with Gasteiger partial charge in [-0.15, -0.1) is 0 Å². The van der Waals surface area contributed by atoms with Gasteiger partial charge in [0.1, 0.15) is 4.90 Å². The molecule has 0 spiro atoms. The molecule has 1 amide bonds. The third-order valence-corrected chi connectivity index (χ3v) is 7.81. The van der Waals surface area contributed by atoms with Crippen LogP contribution >= 0.6 is 11.6 Å². The highest BCUT2D eigenvalue weighted by molar-refractivity contribution is 7.89. The van der Waals surface area contributed by atoms with Crippen molar-refractivity contribution < 1.29 is 13.2 Å². The number of hydrogen-bond acceptors (Lipinski definition) is 4. The van der Waals surface area contributed by atoms with Gasteiger partial charge < -0.3 is 4.90 Å². The van der Waals surface area contributed by atoms with E-state index in [0.717, 1.165) is 19.5 Å². The zero-order valence-corrected chi connectivity index (χ0v) is 18.8. The molecule has 0 unspecified atom stereocenters. The first-order chi connectivity index (χ1) is 14.4. The Bertz CT molecular complexity index is 945. The Morgan fingerprint density at radius 1 is 1.00 bits per heavy atom. The van der Waals surface area contributed by atoms with Gasteiger partial charge in [0.25, 0.3) is 0 Å². The summed E-state index contributed by atoms with van der Waals surface area (Å²) < 4.78 is 27.1. The lowest BCUT2D eigenvalue weighted by Gasteiger charge is -2.35. The van der Waals surface area contributed by atoms with Gasteiger partial charge in [0.05, 0.1) is 11.6 Å². The minimum absolute atomic E-state index is 0.0414. The number of likely N-dealkylation sites (N-methyl/N-ethyl adjacent to an activating group) is 1. The van der Waals surface area contributed by atoms with Crippen LogP contribution in [-0.2, 0) is 21.2 Å². The van der Waals surface area contributed by atoms with Crippen LogP contribution in [0, 0.1) is 0 Å². The molecule has 0 aliphatic carbocycles.